The van der Waals surface area contributed by atoms with Crippen LogP contribution in [0.25, 0.3) is 0 Å². The molecule has 0 spiro atoms. The topological polar surface area (TPSA) is 72.9 Å². The molecule has 2 saturated heterocycles. The Morgan fingerprint density at radius 1 is 1.00 bits per heavy atom. The Bertz CT molecular complexity index is 668. The smallest absolute Gasteiger partial charge is 0.423 e. The fraction of sp³-hybridized carbons (Fsp3) is 0.900. The predicted molar refractivity (Wildman–Crippen MR) is 60.5 cm³/mol. The lowest BCUT2D eigenvalue weighted by atomic mass is 9.98. The zero-order chi connectivity index (χ0) is 20.3. The molecule has 0 saturated carbocycles. The lowest BCUT2D eigenvalue weighted by Gasteiger charge is -2.42. The van der Waals surface area contributed by atoms with Crippen molar-refractivity contribution in [3.8, 4) is 0 Å². The van der Waals surface area contributed by atoms with Gasteiger partial charge in [0.05, 0.1) is 6.10 Å². The van der Waals surface area contributed by atoms with Gasteiger partial charge in [-0.25, -0.2) is 4.90 Å². The third-order valence-electron chi connectivity index (χ3n) is 3.78. The summed E-state index contributed by atoms with van der Waals surface area (Å²) in [5.41, 5.74) is -11.0. The highest BCUT2D eigenvalue weighted by molar-refractivity contribution is 7.87. The standard InChI is InChI=1S/C10H8F9NO5S/c11-8(12,13)7(9(14,15)16)20-3-4(1-2-5(20)6(21)24-7)25-26(22,23)10(17,18)19/h4-5H,1-3H2/t4-,5-/m0/s1. The Labute approximate surface area is 138 Å². The van der Waals surface area contributed by atoms with E-state index in [9.17, 15) is 52.7 Å². The summed E-state index contributed by atoms with van der Waals surface area (Å²) in [5, 5.41) is 0. The van der Waals surface area contributed by atoms with Crippen LogP contribution in [0, 0.1) is 0 Å². The highest BCUT2D eigenvalue weighted by Crippen LogP contribution is 2.53. The summed E-state index contributed by atoms with van der Waals surface area (Å²) in [6, 6.07) is -2.06. The van der Waals surface area contributed by atoms with E-state index in [1.54, 1.807) is 0 Å². The van der Waals surface area contributed by atoms with Gasteiger partial charge >= 0.3 is 39.7 Å². The molecule has 16 heteroatoms. The first-order valence-corrected chi connectivity index (χ1v) is 7.97. The first kappa shape index (κ1) is 21.0. The molecule has 0 aliphatic carbocycles. The largest absolute Gasteiger partial charge is 0.523 e. The number of hydrogen-bond acceptors (Lipinski definition) is 6. The molecule has 2 aliphatic rings. The Balaban J connectivity index is 2.40. The summed E-state index contributed by atoms with van der Waals surface area (Å²) in [7, 11) is -6.26. The van der Waals surface area contributed by atoms with Crippen molar-refractivity contribution in [1.29, 1.82) is 0 Å². The molecule has 0 N–H and O–H groups in total. The maximum Gasteiger partial charge on any atom is 0.523 e. The van der Waals surface area contributed by atoms with Crippen LogP contribution in [-0.2, 0) is 23.8 Å². The van der Waals surface area contributed by atoms with Gasteiger partial charge in [0.25, 0.3) is 0 Å². The highest BCUT2D eigenvalue weighted by atomic mass is 32.2. The molecular formula is C10H8F9NO5S. The second-order valence-corrected chi connectivity index (χ2v) is 6.99. The molecule has 0 aromatic rings. The molecule has 2 fully saturated rings. The van der Waals surface area contributed by atoms with Gasteiger partial charge in [0.1, 0.15) is 6.04 Å². The molecule has 26 heavy (non-hydrogen) atoms. The van der Waals surface area contributed by atoms with Crippen LogP contribution < -0.4 is 0 Å². The van der Waals surface area contributed by atoms with Crippen molar-refractivity contribution in [1.82, 2.24) is 4.90 Å². The molecule has 6 nitrogen and oxygen atoms in total. The van der Waals surface area contributed by atoms with Gasteiger partial charge in [0.2, 0.25) is 0 Å². The number of halogens is 9. The number of fused-ring (bicyclic) bond motifs is 1. The summed E-state index contributed by atoms with van der Waals surface area (Å²) >= 11 is 0. The van der Waals surface area contributed by atoms with Gasteiger partial charge in [-0.2, -0.15) is 47.9 Å². The molecule has 2 aliphatic heterocycles. The van der Waals surface area contributed by atoms with Gasteiger partial charge in [0.15, 0.2) is 0 Å². The lowest BCUT2D eigenvalue weighted by molar-refractivity contribution is -0.403. The van der Waals surface area contributed by atoms with Crippen molar-refractivity contribution in [3.05, 3.63) is 0 Å². The van der Waals surface area contributed by atoms with Crippen molar-refractivity contribution < 1.29 is 61.6 Å². The van der Waals surface area contributed by atoms with Crippen LogP contribution in [0.4, 0.5) is 39.5 Å². The van der Waals surface area contributed by atoms with E-state index in [1.165, 1.54) is 0 Å². The van der Waals surface area contributed by atoms with Crippen LogP contribution in [0.1, 0.15) is 12.8 Å². The Kier molecular flexibility index (Phi) is 4.73. The molecule has 2 rings (SSSR count). The van der Waals surface area contributed by atoms with Gasteiger partial charge in [-0.05, 0) is 12.8 Å². The van der Waals surface area contributed by atoms with E-state index in [0.717, 1.165) is 0 Å². The quantitative estimate of drug-likeness (QED) is 0.292. The number of piperidine rings is 1. The fourth-order valence-corrected chi connectivity index (χ4v) is 3.34. The number of carbonyl (C=O) groups excluding carboxylic acids is 1. The number of nitrogens with zero attached hydrogens (tertiary/aromatic N) is 1. The average molecular weight is 425 g/mol. The zero-order valence-corrected chi connectivity index (χ0v) is 12.9. The Morgan fingerprint density at radius 2 is 1.50 bits per heavy atom. The number of alkyl halides is 9. The van der Waals surface area contributed by atoms with Crippen LogP contribution in [0.3, 0.4) is 0 Å². The van der Waals surface area contributed by atoms with E-state index in [2.05, 4.69) is 8.92 Å². The SMILES string of the molecule is O=C1OC(C(F)(F)F)(C(F)(F)F)N2C[C@@H](OS(=O)(=O)C(F)(F)F)CC[C@@H]12. The molecule has 2 heterocycles. The normalized spacial score (nSPS) is 28.0. The molecular weight excluding hydrogens is 417 g/mol. The van der Waals surface area contributed by atoms with E-state index >= 15 is 0 Å². The average Bonchev–Trinajstić information content (AvgIpc) is 2.70. The van der Waals surface area contributed by atoms with Gasteiger partial charge in [0, 0.05) is 6.54 Å². The molecule has 0 bridgehead atoms. The van der Waals surface area contributed by atoms with Crippen LogP contribution in [0.2, 0.25) is 0 Å². The number of ether oxygens (including phenoxy) is 1. The van der Waals surface area contributed by atoms with Gasteiger partial charge in [-0.3, -0.25) is 8.98 Å². The zero-order valence-electron chi connectivity index (χ0n) is 12.1. The number of rotatable bonds is 2. The molecule has 152 valence electrons. The van der Waals surface area contributed by atoms with Crippen LogP contribution in [-0.4, -0.2) is 61.6 Å². The first-order chi connectivity index (χ1) is 11.4. The molecule has 0 amide bonds. The van der Waals surface area contributed by atoms with Crippen LogP contribution >= 0.6 is 0 Å². The van der Waals surface area contributed by atoms with E-state index in [1.807, 2.05) is 0 Å². The first-order valence-electron chi connectivity index (χ1n) is 6.56. The summed E-state index contributed by atoms with van der Waals surface area (Å²) in [5.74, 6) is -1.88. The predicted octanol–water partition coefficient (Wildman–Crippen LogP) is 2.06. The van der Waals surface area contributed by atoms with Crippen LogP contribution in [0.5, 0.6) is 0 Å². The molecule has 0 aromatic heterocycles. The molecule has 2 atom stereocenters. The molecule has 0 unspecified atom stereocenters. The lowest BCUT2D eigenvalue weighted by Crippen LogP contribution is -2.68. The van der Waals surface area contributed by atoms with Crippen molar-refractivity contribution >= 4 is 16.1 Å². The third-order valence-corrected chi connectivity index (χ3v) is 4.87. The van der Waals surface area contributed by atoms with E-state index in [-0.39, 0.29) is 0 Å². The third kappa shape index (κ3) is 3.11. The molecule has 0 aromatic carbocycles. The van der Waals surface area contributed by atoms with Crippen molar-refractivity contribution in [2.75, 3.05) is 6.54 Å². The van der Waals surface area contributed by atoms with Gasteiger partial charge in [-0.15, -0.1) is 0 Å². The van der Waals surface area contributed by atoms with Crippen molar-refractivity contribution in [2.24, 2.45) is 0 Å². The number of esters is 1. The second-order valence-electron chi connectivity index (χ2n) is 5.42. The van der Waals surface area contributed by atoms with E-state index in [4.69, 9.17) is 0 Å². The van der Waals surface area contributed by atoms with Crippen molar-refractivity contribution in [2.45, 2.75) is 48.6 Å². The minimum atomic E-state index is -6.26. The Hall–Kier alpha value is -1.29. The van der Waals surface area contributed by atoms with Crippen LogP contribution in [0.15, 0.2) is 0 Å². The summed E-state index contributed by atoms with van der Waals surface area (Å²) in [6.45, 7) is -1.58. The van der Waals surface area contributed by atoms with E-state index in [0.29, 0.717) is 0 Å². The Morgan fingerprint density at radius 3 is 1.92 bits per heavy atom. The fourth-order valence-electron chi connectivity index (χ4n) is 2.72. The monoisotopic (exact) mass is 425 g/mol. The number of carbonyl (C=O) groups is 1. The van der Waals surface area contributed by atoms with Gasteiger partial charge < -0.3 is 4.74 Å². The van der Waals surface area contributed by atoms with Gasteiger partial charge in [-0.1, -0.05) is 0 Å². The second kappa shape index (κ2) is 5.85. The maximum atomic E-state index is 13.1. The summed E-state index contributed by atoms with van der Waals surface area (Å²) < 4.78 is 145. The highest BCUT2D eigenvalue weighted by Gasteiger charge is 2.82. The number of cyclic esters (lactones) is 1. The van der Waals surface area contributed by atoms with E-state index < -0.39 is 76.1 Å². The maximum absolute atomic E-state index is 13.1. The summed E-state index contributed by atoms with van der Waals surface area (Å²) in [4.78, 5) is 10.9. The molecule has 0 radical (unpaired) electrons. The van der Waals surface area contributed by atoms with Crippen molar-refractivity contribution in [3.63, 3.8) is 0 Å². The minimum absolute atomic E-state index is 0.560. The summed E-state index contributed by atoms with van der Waals surface area (Å²) in [6.07, 6.45) is -16.1. The minimum Gasteiger partial charge on any atom is -0.423 e. The number of hydrogen-bond donors (Lipinski definition) is 0.